The molecule has 1 aromatic carbocycles. The zero-order valence-electron chi connectivity index (χ0n) is 13.9. The van der Waals surface area contributed by atoms with E-state index in [4.69, 9.17) is 4.74 Å². The van der Waals surface area contributed by atoms with Gasteiger partial charge in [-0.1, -0.05) is 6.07 Å². The van der Waals surface area contributed by atoms with E-state index < -0.39 is 0 Å². The van der Waals surface area contributed by atoms with Crippen LogP contribution in [-0.2, 0) is 16.0 Å². The van der Waals surface area contributed by atoms with Gasteiger partial charge in [0.25, 0.3) is 0 Å². The number of halogens is 1. The van der Waals surface area contributed by atoms with E-state index in [-0.39, 0.29) is 18.2 Å². The number of benzene rings is 1. The normalized spacial score (nSPS) is 11.3. The molecule has 0 saturated heterocycles. The minimum atomic E-state index is -0.374. The highest BCUT2D eigenvalue weighted by Gasteiger charge is 2.16. The minimum Gasteiger partial charge on any atom is -0.466 e. The predicted molar refractivity (Wildman–Crippen MR) is 90.8 cm³/mol. The first kappa shape index (κ1) is 16.8. The smallest absolute Gasteiger partial charge is 0.312 e. The lowest BCUT2D eigenvalue weighted by atomic mass is 10.3. The molecule has 0 atom stereocenters. The second-order valence-corrected chi connectivity index (χ2v) is 5.47. The van der Waals surface area contributed by atoms with E-state index in [1.165, 1.54) is 24.3 Å². The molecule has 0 spiro atoms. The fourth-order valence-electron chi connectivity index (χ4n) is 2.37. The molecule has 7 heteroatoms. The Bertz CT molecular complexity index is 932. The number of hydrogen-bond donors (Lipinski definition) is 0. The Morgan fingerprint density at radius 3 is 2.68 bits per heavy atom. The zero-order chi connectivity index (χ0) is 17.8. The highest BCUT2D eigenvalue weighted by Crippen LogP contribution is 2.25. The Balaban J connectivity index is 2.01. The molecule has 6 nitrogen and oxygen atoms in total. The molecule has 3 rings (SSSR count). The molecule has 0 fully saturated rings. The summed E-state index contributed by atoms with van der Waals surface area (Å²) in [5.41, 5.74) is 2.67. The van der Waals surface area contributed by atoms with E-state index in [0.717, 1.165) is 5.56 Å². The van der Waals surface area contributed by atoms with Crippen LogP contribution in [0.3, 0.4) is 0 Å². The van der Waals surface area contributed by atoms with Crippen LogP contribution in [0.4, 0.5) is 15.9 Å². The molecule has 0 amide bonds. The molecule has 0 aliphatic rings. The average molecular weight is 340 g/mol. The van der Waals surface area contributed by atoms with Crippen LogP contribution in [0, 0.1) is 12.7 Å². The first-order valence-corrected chi connectivity index (χ1v) is 7.87. The molecule has 2 aromatic heterocycles. The fraction of sp³-hybridized carbons (Fsp3) is 0.222. The van der Waals surface area contributed by atoms with Gasteiger partial charge in [0.15, 0.2) is 5.82 Å². The van der Waals surface area contributed by atoms with E-state index in [9.17, 15) is 9.18 Å². The van der Waals surface area contributed by atoms with Crippen molar-refractivity contribution in [2.45, 2.75) is 20.3 Å². The first-order chi connectivity index (χ1) is 12.1. The number of hydrogen-bond acceptors (Lipinski definition) is 5. The summed E-state index contributed by atoms with van der Waals surface area (Å²) < 4.78 is 19.8. The highest BCUT2D eigenvalue weighted by atomic mass is 19.1. The summed E-state index contributed by atoms with van der Waals surface area (Å²) in [5, 5.41) is 8.37. The molecule has 0 radical (unpaired) electrons. The third-order valence-corrected chi connectivity index (χ3v) is 3.51. The summed E-state index contributed by atoms with van der Waals surface area (Å²) in [6.07, 6.45) is 1.88. The summed E-state index contributed by atoms with van der Waals surface area (Å²) in [5.74, 6) is -0.260. The van der Waals surface area contributed by atoms with Gasteiger partial charge >= 0.3 is 5.97 Å². The molecular weight excluding hydrogens is 323 g/mol. The van der Waals surface area contributed by atoms with Crippen molar-refractivity contribution in [2.24, 2.45) is 10.2 Å². The number of pyridine rings is 1. The Kier molecular flexibility index (Phi) is 4.83. The molecule has 0 unspecified atom stereocenters. The van der Waals surface area contributed by atoms with Gasteiger partial charge < -0.3 is 4.74 Å². The molecule has 128 valence electrons. The van der Waals surface area contributed by atoms with Crippen LogP contribution in [0.1, 0.15) is 18.2 Å². The lowest BCUT2D eigenvalue weighted by Crippen LogP contribution is -2.07. The lowest BCUT2D eigenvalue weighted by Gasteiger charge is -2.01. The van der Waals surface area contributed by atoms with E-state index >= 15 is 0 Å². The van der Waals surface area contributed by atoms with Crippen molar-refractivity contribution in [1.29, 1.82) is 0 Å². The summed E-state index contributed by atoms with van der Waals surface area (Å²) >= 11 is 0. The van der Waals surface area contributed by atoms with Crippen LogP contribution in [0.25, 0.3) is 5.65 Å². The Morgan fingerprint density at radius 2 is 1.96 bits per heavy atom. The van der Waals surface area contributed by atoms with Crippen LogP contribution in [0.15, 0.2) is 52.8 Å². The van der Waals surface area contributed by atoms with Crippen LogP contribution < -0.4 is 0 Å². The second-order valence-electron chi connectivity index (χ2n) is 5.47. The van der Waals surface area contributed by atoms with Gasteiger partial charge in [0, 0.05) is 6.20 Å². The molecule has 0 bridgehead atoms. The molecule has 0 saturated carbocycles. The van der Waals surface area contributed by atoms with Gasteiger partial charge in [0.05, 0.1) is 24.4 Å². The molecule has 0 aliphatic carbocycles. The molecule has 0 aliphatic heterocycles. The maximum atomic E-state index is 13.0. The van der Waals surface area contributed by atoms with E-state index in [0.29, 0.717) is 29.5 Å². The van der Waals surface area contributed by atoms with Gasteiger partial charge in [-0.2, -0.15) is 0 Å². The number of carbonyl (C=O) groups is 1. The van der Waals surface area contributed by atoms with Crippen LogP contribution in [0.5, 0.6) is 0 Å². The van der Waals surface area contributed by atoms with Crippen molar-refractivity contribution in [3.8, 4) is 0 Å². The number of ether oxygens (including phenoxy) is 1. The molecule has 3 aromatic rings. The summed E-state index contributed by atoms with van der Waals surface area (Å²) in [4.78, 5) is 16.3. The van der Waals surface area contributed by atoms with Crippen LogP contribution >= 0.6 is 0 Å². The molecule has 25 heavy (non-hydrogen) atoms. The minimum absolute atomic E-state index is 0.00629. The Labute approximate surface area is 144 Å². The summed E-state index contributed by atoms with van der Waals surface area (Å²) in [6, 6.07) is 9.45. The molecule has 2 heterocycles. The summed E-state index contributed by atoms with van der Waals surface area (Å²) in [7, 11) is 0. The van der Waals surface area contributed by atoms with Gasteiger partial charge in [0.1, 0.15) is 11.5 Å². The number of carbonyl (C=O) groups excluding carboxylic acids is 1. The lowest BCUT2D eigenvalue weighted by molar-refractivity contribution is -0.142. The van der Waals surface area contributed by atoms with Crippen molar-refractivity contribution in [1.82, 2.24) is 9.38 Å². The number of fused-ring (bicyclic) bond motifs is 1. The Morgan fingerprint density at radius 1 is 1.20 bits per heavy atom. The maximum absolute atomic E-state index is 13.0. The van der Waals surface area contributed by atoms with E-state index in [1.807, 2.05) is 25.3 Å². The maximum Gasteiger partial charge on any atom is 0.312 e. The van der Waals surface area contributed by atoms with E-state index in [2.05, 4.69) is 15.2 Å². The predicted octanol–water partition coefficient (Wildman–Crippen LogP) is 4.30. The SMILES string of the molecule is CCOC(=O)Cc1nc2ccc(C)cn2c1N=Nc1ccc(F)cc1. The largest absolute Gasteiger partial charge is 0.466 e. The van der Waals surface area contributed by atoms with Crippen molar-refractivity contribution in [3.63, 3.8) is 0 Å². The van der Waals surface area contributed by atoms with Crippen molar-refractivity contribution in [2.75, 3.05) is 6.61 Å². The number of rotatable bonds is 5. The van der Waals surface area contributed by atoms with Crippen molar-refractivity contribution < 1.29 is 13.9 Å². The number of esters is 1. The number of nitrogens with zero attached hydrogens (tertiary/aromatic N) is 4. The van der Waals surface area contributed by atoms with Gasteiger partial charge in [-0.15, -0.1) is 10.2 Å². The van der Waals surface area contributed by atoms with Gasteiger partial charge in [-0.25, -0.2) is 9.37 Å². The second kappa shape index (κ2) is 7.21. The molecular formula is C18H17FN4O2. The third kappa shape index (κ3) is 3.88. The quantitative estimate of drug-likeness (QED) is 0.513. The standard InChI is InChI=1S/C18H17FN4O2/c1-3-25-17(24)10-15-18(22-21-14-7-5-13(19)6-8-14)23-11-12(2)4-9-16(23)20-15/h4-9,11H,3,10H2,1-2H3. The van der Waals surface area contributed by atoms with Crippen LogP contribution in [-0.4, -0.2) is 22.0 Å². The van der Waals surface area contributed by atoms with Crippen molar-refractivity contribution in [3.05, 3.63) is 59.7 Å². The molecule has 0 N–H and O–H groups in total. The van der Waals surface area contributed by atoms with Gasteiger partial charge in [-0.3, -0.25) is 9.20 Å². The number of aromatic nitrogens is 2. The number of aryl methyl sites for hydroxylation is 1. The third-order valence-electron chi connectivity index (χ3n) is 3.51. The topological polar surface area (TPSA) is 68.3 Å². The summed E-state index contributed by atoms with van der Waals surface area (Å²) in [6.45, 7) is 4.00. The van der Waals surface area contributed by atoms with Crippen molar-refractivity contribution >= 4 is 23.1 Å². The number of azo groups is 1. The average Bonchev–Trinajstić information content (AvgIpc) is 2.91. The van der Waals surface area contributed by atoms with Gasteiger partial charge in [-0.05, 0) is 49.7 Å². The fourth-order valence-corrected chi connectivity index (χ4v) is 2.37. The van der Waals surface area contributed by atoms with Gasteiger partial charge in [0.2, 0.25) is 0 Å². The van der Waals surface area contributed by atoms with E-state index in [1.54, 1.807) is 11.3 Å². The Hall–Kier alpha value is -3.09. The number of imidazole rings is 1. The zero-order valence-corrected chi connectivity index (χ0v) is 13.9. The highest BCUT2D eigenvalue weighted by molar-refractivity contribution is 5.74. The van der Waals surface area contributed by atoms with Crippen LogP contribution in [0.2, 0.25) is 0 Å². The first-order valence-electron chi connectivity index (χ1n) is 7.87. The monoisotopic (exact) mass is 340 g/mol.